The molecule has 1 saturated carbocycles. The standard InChI is InChI=1S/C15H25F3N4/c1-10(2)9-20-14(19)21-12-7-13(8-12)22-5-3-11(4-6-22)15(16,17)18/h11-13H,1,3-9H2,2H3,(H3,19,20,21). The van der Waals surface area contributed by atoms with Crippen LogP contribution in [0.3, 0.4) is 0 Å². The van der Waals surface area contributed by atoms with E-state index in [0.29, 0.717) is 31.6 Å². The van der Waals surface area contributed by atoms with E-state index in [4.69, 9.17) is 5.73 Å². The number of nitrogens with two attached hydrogens (primary N) is 1. The first-order valence-electron chi connectivity index (χ1n) is 7.77. The Morgan fingerprint density at radius 3 is 2.41 bits per heavy atom. The number of guanidine groups is 1. The summed E-state index contributed by atoms with van der Waals surface area (Å²) < 4.78 is 37.9. The Morgan fingerprint density at radius 2 is 1.91 bits per heavy atom. The zero-order valence-corrected chi connectivity index (χ0v) is 13.0. The quantitative estimate of drug-likeness (QED) is 0.475. The van der Waals surface area contributed by atoms with Crippen molar-refractivity contribution in [2.75, 3.05) is 19.6 Å². The maximum atomic E-state index is 12.6. The van der Waals surface area contributed by atoms with Gasteiger partial charge in [-0.15, -0.1) is 0 Å². The lowest BCUT2D eigenvalue weighted by Gasteiger charge is -2.46. The van der Waals surface area contributed by atoms with Crippen molar-refractivity contribution in [3.05, 3.63) is 12.2 Å². The van der Waals surface area contributed by atoms with E-state index in [1.807, 2.05) is 6.92 Å². The molecule has 1 aliphatic heterocycles. The second-order valence-corrected chi connectivity index (χ2v) is 6.48. The van der Waals surface area contributed by atoms with E-state index in [-0.39, 0.29) is 18.9 Å². The molecule has 0 aromatic heterocycles. The van der Waals surface area contributed by atoms with Crippen LogP contribution in [0.4, 0.5) is 13.2 Å². The molecule has 7 heteroatoms. The Kier molecular flexibility index (Phi) is 5.36. The predicted molar refractivity (Wildman–Crippen MR) is 81.6 cm³/mol. The van der Waals surface area contributed by atoms with Crippen LogP contribution in [0.5, 0.6) is 0 Å². The highest BCUT2D eigenvalue weighted by Crippen LogP contribution is 2.36. The van der Waals surface area contributed by atoms with Gasteiger partial charge in [0.1, 0.15) is 0 Å². The minimum absolute atomic E-state index is 0.223. The molecule has 2 rings (SSSR count). The lowest BCUT2D eigenvalue weighted by molar-refractivity contribution is -0.187. The summed E-state index contributed by atoms with van der Waals surface area (Å²) in [5, 5.41) is 3.15. The summed E-state index contributed by atoms with van der Waals surface area (Å²) >= 11 is 0. The van der Waals surface area contributed by atoms with Gasteiger partial charge in [0.25, 0.3) is 0 Å². The topological polar surface area (TPSA) is 53.6 Å². The summed E-state index contributed by atoms with van der Waals surface area (Å²) in [6.45, 7) is 7.25. The molecule has 0 atom stereocenters. The van der Waals surface area contributed by atoms with Crippen molar-refractivity contribution in [2.24, 2.45) is 16.6 Å². The molecule has 3 N–H and O–H groups in total. The predicted octanol–water partition coefficient (Wildman–Crippen LogP) is 2.27. The Bertz CT molecular complexity index is 419. The van der Waals surface area contributed by atoms with Crippen molar-refractivity contribution in [3.63, 3.8) is 0 Å². The first kappa shape index (κ1) is 17.1. The molecule has 1 heterocycles. The van der Waals surface area contributed by atoms with Crippen molar-refractivity contribution in [1.29, 1.82) is 0 Å². The van der Waals surface area contributed by atoms with Crippen LogP contribution in [0.15, 0.2) is 17.1 Å². The van der Waals surface area contributed by atoms with Crippen LogP contribution in [0.2, 0.25) is 0 Å². The van der Waals surface area contributed by atoms with Crippen LogP contribution in [0.25, 0.3) is 0 Å². The zero-order chi connectivity index (χ0) is 16.3. The molecule has 1 saturated heterocycles. The molecule has 0 bridgehead atoms. The Hall–Kier alpha value is -1.24. The van der Waals surface area contributed by atoms with Gasteiger partial charge in [-0.1, -0.05) is 12.2 Å². The lowest BCUT2D eigenvalue weighted by Crippen LogP contribution is -2.57. The molecule has 0 unspecified atom stereocenters. The number of halogens is 3. The smallest absolute Gasteiger partial charge is 0.370 e. The van der Waals surface area contributed by atoms with Gasteiger partial charge in [0.15, 0.2) is 5.96 Å². The van der Waals surface area contributed by atoms with Crippen LogP contribution in [0, 0.1) is 5.92 Å². The molecule has 126 valence electrons. The Balaban J connectivity index is 1.68. The molecule has 0 amide bonds. The maximum Gasteiger partial charge on any atom is 0.391 e. The lowest BCUT2D eigenvalue weighted by atomic mass is 9.83. The highest BCUT2D eigenvalue weighted by atomic mass is 19.4. The number of hydrogen-bond acceptors (Lipinski definition) is 2. The molecule has 0 spiro atoms. The van der Waals surface area contributed by atoms with Crippen molar-refractivity contribution < 1.29 is 13.2 Å². The molecule has 0 aromatic rings. The first-order chi connectivity index (χ1) is 10.3. The minimum atomic E-state index is -4.04. The largest absolute Gasteiger partial charge is 0.391 e. The number of alkyl halides is 3. The SMILES string of the molecule is C=C(C)CN=C(N)NC1CC(N2CCC(C(F)(F)F)CC2)C1. The third kappa shape index (κ3) is 4.63. The zero-order valence-electron chi connectivity index (χ0n) is 13.0. The summed E-state index contributed by atoms with van der Waals surface area (Å²) in [7, 11) is 0. The van der Waals surface area contributed by atoms with Gasteiger partial charge in [-0.05, 0) is 45.7 Å². The average molecular weight is 318 g/mol. The normalized spacial score (nSPS) is 28.3. The molecular formula is C15H25F3N4. The van der Waals surface area contributed by atoms with Crippen LogP contribution < -0.4 is 11.1 Å². The van der Waals surface area contributed by atoms with E-state index in [9.17, 15) is 13.2 Å². The monoisotopic (exact) mass is 318 g/mol. The Morgan fingerprint density at radius 1 is 1.32 bits per heavy atom. The third-order valence-electron chi connectivity index (χ3n) is 4.49. The number of likely N-dealkylation sites (tertiary alicyclic amines) is 1. The molecule has 22 heavy (non-hydrogen) atoms. The van der Waals surface area contributed by atoms with Crippen molar-refractivity contribution in [3.8, 4) is 0 Å². The van der Waals surface area contributed by atoms with Gasteiger partial charge in [0.2, 0.25) is 0 Å². The molecular weight excluding hydrogens is 293 g/mol. The molecule has 2 fully saturated rings. The van der Waals surface area contributed by atoms with Crippen molar-refractivity contribution in [2.45, 2.75) is 50.9 Å². The third-order valence-corrected chi connectivity index (χ3v) is 4.49. The first-order valence-corrected chi connectivity index (χ1v) is 7.77. The van der Waals surface area contributed by atoms with E-state index in [2.05, 4.69) is 21.8 Å². The van der Waals surface area contributed by atoms with Gasteiger partial charge in [0.05, 0.1) is 12.5 Å². The maximum absolute atomic E-state index is 12.6. The highest BCUT2D eigenvalue weighted by molar-refractivity contribution is 5.78. The minimum Gasteiger partial charge on any atom is -0.370 e. The second-order valence-electron chi connectivity index (χ2n) is 6.48. The van der Waals surface area contributed by atoms with Crippen LogP contribution >= 0.6 is 0 Å². The summed E-state index contributed by atoms with van der Waals surface area (Å²) in [5.41, 5.74) is 6.73. The van der Waals surface area contributed by atoms with E-state index in [0.717, 1.165) is 18.4 Å². The molecule has 0 radical (unpaired) electrons. The molecule has 0 aromatic carbocycles. The fourth-order valence-corrected chi connectivity index (χ4v) is 3.07. The molecule has 4 nitrogen and oxygen atoms in total. The molecule has 2 aliphatic rings. The van der Waals surface area contributed by atoms with Gasteiger partial charge in [0, 0.05) is 12.1 Å². The summed E-state index contributed by atoms with van der Waals surface area (Å²) in [6.07, 6.45) is -1.76. The van der Waals surface area contributed by atoms with Crippen molar-refractivity contribution in [1.82, 2.24) is 10.2 Å². The van der Waals surface area contributed by atoms with Gasteiger partial charge in [-0.2, -0.15) is 13.2 Å². The van der Waals surface area contributed by atoms with E-state index >= 15 is 0 Å². The van der Waals surface area contributed by atoms with E-state index in [1.165, 1.54) is 0 Å². The summed E-state index contributed by atoms with van der Waals surface area (Å²) in [5.74, 6) is -0.704. The van der Waals surface area contributed by atoms with Crippen LogP contribution in [0.1, 0.15) is 32.6 Å². The fraction of sp³-hybridized carbons (Fsp3) is 0.800. The average Bonchev–Trinajstić information content (AvgIpc) is 2.39. The van der Waals surface area contributed by atoms with Crippen molar-refractivity contribution >= 4 is 5.96 Å². The van der Waals surface area contributed by atoms with Crippen LogP contribution in [-0.4, -0.2) is 48.8 Å². The van der Waals surface area contributed by atoms with E-state index < -0.39 is 12.1 Å². The number of nitrogens with zero attached hydrogens (tertiary/aromatic N) is 2. The van der Waals surface area contributed by atoms with E-state index in [1.54, 1.807) is 0 Å². The highest BCUT2D eigenvalue weighted by Gasteiger charge is 2.43. The van der Waals surface area contributed by atoms with Gasteiger partial charge in [-0.25, -0.2) is 4.99 Å². The number of aliphatic imine (C=N–C) groups is 1. The number of hydrogen-bond donors (Lipinski definition) is 2. The van der Waals surface area contributed by atoms with Gasteiger partial charge in [-0.3, -0.25) is 0 Å². The van der Waals surface area contributed by atoms with Gasteiger partial charge >= 0.3 is 6.18 Å². The number of piperidine rings is 1. The second kappa shape index (κ2) is 6.89. The summed E-state index contributed by atoms with van der Waals surface area (Å²) in [6, 6.07) is 0.653. The molecule has 1 aliphatic carbocycles. The van der Waals surface area contributed by atoms with Crippen LogP contribution in [-0.2, 0) is 0 Å². The summed E-state index contributed by atoms with van der Waals surface area (Å²) in [4.78, 5) is 6.35. The Labute approximate surface area is 129 Å². The fourth-order valence-electron chi connectivity index (χ4n) is 3.07. The number of nitrogens with one attached hydrogen (secondary N) is 1. The number of rotatable bonds is 4. The van der Waals surface area contributed by atoms with Gasteiger partial charge < -0.3 is 16.0 Å².